The van der Waals surface area contributed by atoms with Crippen molar-refractivity contribution in [3.8, 4) is 0 Å². The number of rotatable bonds is 7. The quantitative estimate of drug-likeness (QED) is 0.678. The highest BCUT2D eigenvalue weighted by Crippen LogP contribution is 2.26. The van der Waals surface area contributed by atoms with Crippen molar-refractivity contribution >= 4 is 5.97 Å². The number of hydrogen-bond acceptors (Lipinski definition) is 4. The molecule has 0 saturated heterocycles. The molecule has 1 fully saturated rings. The van der Waals surface area contributed by atoms with Gasteiger partial charge in [-0.1, -0.05) is 0 Å². The van der Waals surface area contributed by atoms with E-state index in [2.05, 4.69) is 10.00 Å². The molecule has 5 heteroatoms. The van der Waals surface area contributed by atoms with E-state index in [1.165, 1.54) is 18.4 Å². The van der Waals surface area contributed by atoms with E-state index in [-0.39, 0.29) is 5.97 Å². The molecule has 0 bridgehead atoms. The lowest BCUT2D eigenvalue weighted by Crippen LogP contribution is -2.34. The molecule has 2 rings (SSSR count). The molecule has 100 valence electrons. The van der Waals surface area contributed by atoms with Crippen LogP contribution >= 0.6 is 0 Å². The fraction of sp³-hybridized carbons (Fsp3) is 0.692. The number of aryl methyl sites for hydroxylation is 1. The first-order chi connectivity index (χ1) is 8.69. The highest BCUT2D eigenvalue weighted by atomic mass is 16.5. The lowest BCUT2D eigenvalue weighted by molar-refractivity contribution is -0.144. The lowest BCUT2D eigenvalue weighted by Gasteiger charge is -2.20. The summed E-state index contributed by atoms with van der Waals surface area (Å²) in [5.41, 5.74) is 1.21. The highest BCUT2D eigenvalue weighted by molar-refractivity contribution is 5.71. The summed E-state index contributed by atoms with van der Waals surface area (Å²) >= 11 is 0. The molecule has 1 aliphatic carbocycles. The molecule has 0 atom stereocenters. The fourth-order valence-electron chi connectivity index (χ4n) is 2.08. The zero-order chi connectivity index (χ0) is 13.0. The molecule has 0 amide bonds. The largest absolute Gasteiger partial charge is 0.465 e. The maximum absolute atomic E-state index is 11.5. The molecule has 18 heavy (non-hydrogen) atoms. The maximum atomic E-state index is 11.5. The van der Waals surface area contributed by atoms with E-state index in [0.29, 0.717) is 19.2 Å². The van der Waals surface area contributed by atoms with Gasteiger partial charge in [0.25, 0.3) is 0 Å². The summed E-state index contributed by atoms with van der Waals surface area (Å²) < 4.78 is 6.82. The normalized spacial score (nSPS) is 15.1. The van der Waals surface area contributed by atoms with Crippen LogP contribution in [0.5, 0.6) is 0 Å². The molecule has 5 nitrogen and oxygen atoms in total. The molecule has 0 radical (unpaired) electrons. The number of nitrogens with zero attached hydrogens (tertiary/aromatic N) is 3. The van der Waals surface area contributed by atoms with Crippen LogP contribution in [0.15, 0.2) is 12.4 Å². The molecule has 1 aromatic heterocycles. The Hall–Kier alpha value is -1.36. The molecule has 0 spiro atoms. The van der Waals surface area contributed by atoms with Crippen molar-refractivity contribution in [2.75, 3.05) is 19.7 Å². The Labute approximate surface area is 108 Å². The first-order valence-electron chi connectivity index (χ1n) is 6.56. The van der Waals surface area contributed by atoms with Gasteiger partial charge in [0.2, 0.25) is 0 Å². The van der Waals surface area contributed by atoms with E-state index in [1.807, 2.05) is 31.0 Å². The van der Waals surface area contributed by atoms with Crippen LogP contribution in [0.1, 0.15) is 25.3 Å². The summed E-state index contributed by atoms with van der Waals surface area (Å²) in [5.74, 6) is -0.115. The minimum absolute atomic E-state index is 0.115. The van der Waals surface area contributed by atoms with E-state index in [0.717, 1.165) is 13.0 Å². The number of carbonyl (C=O) groups is 1. The standard InChI is InChI=1S/C13H21N3O2/c1-3-18-13(17)10-16(12-4-5-12)7-6-11-8-14-15(2)9-11/h8-9,12H,3-7,10H2,1-2H3. The average Bonchev–Trinajstić information content (AvgIpc) is 3.08. The molecule has 0 unspecified atom stereocenters. The average molecular weight is 251 g/mol. The third-order valence-corrected chi connectivity index (χ3v) is 3.15. The predicted molar refractivity (Wildman–Crippen MR) is 68.1 cm³/mol. The van der Waals surface area contributed by atoms with Gasteiger partial charge in [-0.2, -0.15) is 5.10 Å². The lowest BCUT2D eigenvalue weighted by atomic mass is 10.2. The Morgan fingerprint density at radius 3 is 2.94 bits per heavy atom. The summed E-state index contributed by atoms with van der Waals surface area (Å²) in [6.07, 6.45) is 7.24. The molecule has 1 heterocycles. The Morgan fingerprint density at radius 1 is 1.61 bits per heavy atom. The number of esters is 1. The smallest absolute Gasteiger partial charge is 0.320 e. The van der Waals surface area contributed by atoms with Gasteiger partial charge in [0.15, 0.2) is 0 Å². The van der Waals surface area contributed by atoms with E-state index in [4.69, 9.17) is 4.74 Å². The van der Waals surface area contributed by atoms with Crippen molar-refractivity contribution in [3.05, 3.63) is 18.0 Å². The number of hydrogen-bond donors (Lipinski definition) is 0. The molecule has 0 aliphatic heterocycles. The predicted octanol–water partition coefficient (Wildman–Crippen LogP) is 0.990. The molecule has 0 N–H and O–H groups in total. The minimum Gasteiger partial charge on any atom is -0.465 e. The van der Waals surface area contributed by atoms with Crippen LogP contribution in [-0.4, -0.2) is 46.4 Å². The first-order valence-corrected chi connectivity index (χ1v) is 6.56. The maximum Gasteiger partial charge on any atom is 0.320 e. The van der Waals surface area contributed by atoms with Gasteiger partial charge in [-0.05, 0) is 31.7 Å². The minimum atomic E-state index is -0.115. The molecule has 0 aromatic carbocycles. The number of ether oxygens (including phenoxy) is 1. The van der Waals surface area contributed by atoms with Crippen molar-refractivity contribution in [1.29, 1.82) is 0 Å². The first kappa shape index (κ1) is 13.1. The third kappa shape index (κ3) is 3.84. The zero-order valence-electron chi connectivity index (χ0n) is 11.1. The second kappa shape index (κ2) is 6.00. The Bertz CT molecular complexity index is 399. The summed E-state index contributed by atoms with van der Waals surface area (Å²) in [7, 11) is 1.92. The van der Waals surface area contributed by atoms with Crippen LogP contribution in [-0.2, 0) is 23.0 Å². The van der Waals surface area contributed by atoms with Crippen molar-refractivity contribution < 1.29 is 9.53 Å². The number of aromatic nitrogens is 2. The fourth-order valence-corrected chi connectivity index (χ4v) is 2.08. The summed E-state index contributed by atoms with van der Waals surface area (Å²) in [6.45, 7) is 3.61. The SMILES string of the molecule is CCOC(=O)CN(CCc1cnn(C)c1)C1CC1. The van der Waals surface area contributed by atoms with E-state index in [1.54, 1.807) is 0 Å². The van der Waals surface area contributed by atoms with Gasteiger partial charge >= 0.3 is 5.97 Å². The molecular formula is C13H21N3O2. The Morgan fingerprint density at radius 2 is 2.39 bits per heavy atom. The van der Waals surface area contributed by atoms with Gasteiger partial charge in [-0.25, -0.2) is 0 Å². The van der Waals surface area contributed by atoms with Crippen molar-refractivity contribution in [1.82, 2.24) is 14.7 Å². The van der Waals surface area contributed by atoms with Gasteiger partial charge in [-0.3, -0.25) is 14.4 Å². The molecule has 1 aliphatic rings. The van der Waals surface area contributed by atoms with Crippen LogP contribution in [0.25, 0.3) is 0 Å². The van der Waals surface area contributed by atoms with Crippen LogP contribution < -0.4 is 0 Å². The van der Waals surface area contributed by atoms with E-state index >= 15 is 0 Å². The van der Waals surface area contributed by atoms with Crippen LogP contribution in [0.2, 0.25) is 0 Å². The Kier molecular flexibility index (Phi) is 4.36. The van der Waals surface area contributed by atoms with Crippen molar-refractivity contribution in [2.24, 2.45) is 7.05 Å². The monoisotopic (exact) mass is 251 g/mol. The second-order valence-electron chi connectivity index (χ2n) is 4.78. The molecule has 1 aromatic rings. The van der Waals surface area contributed by atoms with E-state index < -0.39 is 0 Å². The second-order valence-corrected chi connectivity index (χ2v) is 4.78. The van der Waals surface area contributed by atoms with Crippen LogP contribution in [0.3, 0.4) is 0 Å². The molecular weight excluding hydrogens is 230 g/mol. The summed E-state index contributed by atoms with van der Waals surface area (Å²) in [4.78, 5) is 13.7. The Balaban J connectivity index is 1.81. The summed E-state index contributed by atoms with van der Waals surface area (Å²) in [5, 5.41) is 4.15. The van der Waals surface area contributed by atoms with Gasteiger partial charge in [0, 0.05) is 25.8 Å². The van der Waals surface area contributed by atoms with Gasteiger partial charge in [0.1, 0.15) is 0 Å². The van der Waals surface area contributed by atoms with Crippen LogP contribution in [0.4, 0.5) is 0 Å². The number of carbonyl (C=O) groups excluding carboxylic acids is 1. The van der Waals surface area contributed by atoms with Gasteiger partial charge < -0.3 is 4.74 Å². The van der Waals surface area contributed by atoms with Gasteiger partial charge in [-0.15, -0.1) is 0 Å². The van der Waals surface area contributed by atoms with Crippen LogP contribution in [0, 0.1) is 0 Å². The van der Waals surface area contributed by atoms with Gasteiger partial charge in [0.05, 0.1) is 19.3 Å². The summed E-state index contributed by atoms with van der Waals surface area (Å²) in [6, 6.07) is 0.575. The van der Waals surface area contributed by atoms with E-state index in [9.17, 15) is 4.79 Å². The van der Waals surface area contributed by atoms with Crippen molar-refractivity contribution in [3.63, 3.8) is 0 Å². The van der Waals surface area contributed by atoms with Crippen molar-refractivity contribution in [2.45, 2.75) is 32.2 Å². The topological polar surface area (TPSA) is 47.4 Å². The molecule has 1 saturated carbocycles. The highest BCUT2D eigenvalue weighted by Gasteiger charge is 2.30. The third-order valence-electron chi connectivity index (χ3n) is 3.15. The zero-order valence-corrected chi connectivity index (χ0v) is 11.1.